The highest BCUT2D eigenvalue weighted by molar-refractivity contribution is 6.38. The summed E-state index contributed by atoms with van der Waals surface area (Å²) in [4.78, 5) is 32.2. The van der Waals surface area contributed by atoms with Crippen molar-refractivity contribution in [2.45, 2.75) is 6.67 Å². The molecule has 224 valence electrons. The van der Waals surface area contributed by atoms with Crippen LogP contribution in [0.5, 0.6) is 5.75 Å². The van der Waals surface area contributed by atoms with E-state index in [0.29, 0.717) is 64.5 Å². The van der Waals surface area contributed by atoms with Gasteiger partial charge < -0.3 is 29.3 Å². The summed E-state index contributed by atoms with van der Waals surface area (Å²) in [5.41, 5.74) is 3.39. The lowest BCUT2D eigenvalue weighted by Crippen LogP contribution is -2.49. The third kappa shape index (κ3) is 6.25. The van der Waals surface area contributed by atoms with Crippen molar-refractivity contribution in [3.05, 3.63) is 87.6 Å². The molecule has 1 aliphatic rings. The summed E-state index contributed by atoms with van der Waals surface area (Å²) in [6, 6.07) is 17.6. The number of halogens is 3. The Morgan fingerprint density at radius 2 is 1.72 bits per heavy atom. The predicted molar refractivity (Wildman–Crippen MR) is 167 cm³/mol. The van der Waals surface area contributed by atoms with Gasteiger partial charge in [0.15, 0.2) is 12.4 Å². The fourth-order valence-electron chi connectivity index (χ4n) is 4.95. The first-order valence-corrected chi connectivity index (χ1v) is 14.3. The normalized spacial score (nSPS) is 13.2. The minimum absolute atomic E-state index is 0.0774. The first kappa shape index (κ1) is 30.2. The van der Waals surface area contributed by atoms with E-state index in [4.69, 9.17) is 32.5 Å². The molecule has 0 radical (unpaired) electrons. The number of benzene rings is 3. The summed E-state index contributed by atoms with van der Waals surface area (Å²) in [5.74, 6) is -0.333. The molecule has 0 bridgehead atoms. The summed E-state index contributed by atoms with van der Waals surface area (Å²) in [6.45, 7) is 0.567. The molecule has 12 heteroatoms. The monoisotopic (exact) mass is 625 g/mol. The highest BCUT2D eigenvalue weighted by Crippen LogP contribution is 2.37. The molecule has 0 spiro atoms. The average Bonchev–Trinajstić information content (AvgIpc) is 3.46. The Hall–Kier alpha value is -4.28. The lowest BCUT2D eigenvalue weighted by Gasteiger charge is -2.36. The van der Waals surface area contributed by atoms with Gasteiger partial charge in [-0.2, -0.15) is 0 Å². The van der Waals surface area contributed by atoms with Crippen molar-refractivity contribution in [2.75, 3.05) is 62.5 Å². The molecule has 9 nitrogen and oxygen atoms in total. The van der Waals surface area contributed by atoms with Crippen LogP contribution in [0, 0.1) is 0 Å². The lowest BCUT2D eigenvalue weighted by molar-refractivity contribution is 0.0743. The Morgan fingerprint density at radius 3 is 2.37 bits per heavy atom. The second-order valence-corrected chi connectivity index (χ2v) is 10.9. The van der Waals surface area contributed by atoms with Crippen LogP contribution in [0.2, 0.25) is 10.0 Å². The van der Waals surface area contributed by atoms with Crippen molar-refractivity contribution >= 4 is 52.1 Å². The number of nitrogens with one attached hydrogen (secondary N) is 1. The molecule has 1 aromatic heterocycles. The second-order valence-electron chi connectivity index (χ2n) is 10.1. The van der Waals surface area contributed by atoms with Crippen molar-refractivity contribution in [3.8, 4) is 17.0 Å². The highest BCUT2D eigenvalue weighted by atomic mass is 35.5. The summed E-state index contributed by atoms with van der Waals surface area (Å²) in [6.07, 6.45) is 0. The van der Waals surface area contributed by atoms with E-state index in [0.717, 1.165) is 5.69 Å². The number of ether oxygens (including phenoxy) is 1. The van der Waals surface area contributed by atoms with Gasteiger partial charge in [-0.25, -0.2) is 4.39 Å². The zero-order valence-corrected chi connectivity index (χ0v) is 25.4. The number of piperazine rings is 1. The molecule has 0 saturated carbocycles. The van der Waals surface area contributed by atoms with E-state index in [-0.39, 0.29) is 28.8 Å². The molecule has 3 aromatic carbocycles. The van der Waals surface area contributed by atoms with Crippen LogP contribution in [-0.2, 0) is 6.67 Å². The summed E-state index contributed by atoms with van der Waals surface area (Å²) in [7, 11) is 5.36. The fourth-order valence-corrected chi connectivity index (χ4v) is 5.50. The zero-order chi connectivity index (χ0) is 30.7. The van der Waals surface area contributed by atoms with E-state index in [9.17, 15) is 14.0 Å². The standard InChI is InChI=1S/C31H30Cl2FN5O4/c1-37(2)20-10-8-19(9-11-20)30(40)35-24-17-25(23(33)16-22(24)32)38-12-14-39(15-13-38)31(41)28-27(18-34)43-36-29(28)21-6-4-5-7-26(21)42-3/h4-11,16-17H,12-15,18H2,1-3H3,(H,35,40). The average molecular weight is 627 g/mol. The molecule has 2 amide bonds. The van der Waals surface area contributed by atoms with Crippen molar-refractivity contribution in [3.63, 3.8) is 0 Å². The van der Waals surface area contributed by atoms with Crippen molar-refractivity contribution < 1.29 is 23.2 Å². The summed E-state index contributed by atoms with van der Waals surface area (Å²) < 4.78 is 24.5. The number of anilines is 3. The number of methoxy groups -OCH3 is 1. The van der Waals surface area contributed by atoms with E-state index in [1.54, 1.807) is 53.4 Å². The minimum atomic E-state index is -0.974. The topological polar surface area (TPSA) is 91.1 Å². The lowest BCUT2D eigenvalue weighted by atomic mass is 10.0. The number of hydrogen-bond acceptors (Lipinski definition) is 7. The molecule has 1 saturated heterocycles. The smallest absolute Gasteiger partial charge is 0.259 e. The highest BCUT2D eigenvalue weighted by Gasteiger charge is 2.31. The maximum Gasteiger partial charge on any atom is 0.259 e. The maximum absolute atomic E-state index is 13.9. The van der Waals surface area contributed by atoms with Crippen LogP contribution in [0.1, 0.15) is 26.5 Å². The first-order valence-electron chi connectivity index (χ1n) is 13.5. The Labute approximate surface area is 258 Å². The number of aromatic nitrogens is 1. The Bertz CT molecular complexity index is 1640. The van der Waals surface area contributed by atoms with Crippen LogP contribution in [0.4, 0.5) is 21.5 Å². The van der Waals surface area contributed by atoms with Gasteiger partial charge in [0.1, 0.15) is 17.0 Å². The van der Waals surface area contributed by atoms with E-state index >= 15 is 0 Å². The molecule has 2 heterocycles. The van der Waals surface area contributed by atoms with Crippen molar-refractivity contribution in [1.29, 1.82) is 0 Å². The molecule has 0 aliphatic carbocycles. The fraction of sp³-hybridized carbons (Fsp3) is 0.258. The molecule has 4 aromatic rings. The number of carbonyl (C=O) groups is 2. The van der Waals surface area contributed by atoms with Gasteiger partial charge in [-0.05, 0) is 48.5 Å². The second kappa shape index (κ2) is 12.9. The Balaban J connectivity index is 1.32. The molecular weight excluding hydrogens is 596 g/mol. The Kier molecular flexibility index (Phi) is 9.08. The van der Waals surface area contributed by atoms with Crippen LogP contribution >= 0.6 is 23.2 Å². The Morgan fingerprint density at radius 1 is 1.02 bits per heavy atom. The summed E-state index contributed by atoms with van der Waals surface area (Å²) >= 11 is 13.0. The third-order valence-electron chi connectivity index (χ3n) is 7.30. The van der Waals surface area contributed by atoms with E-state index in [1.807, 2.05) is 36.0 Å². The van der Waals surface area contributed by atoms with Gasteiger partial charge in [0.05, 0.1) is 28.5 Å². The molecule has 0 atom stereocenters. The quantitative estimate of drug-likeness (QED) is 0.242. The van der Waals surface area contributed by atoms with Gasteiger partial charge in [-0.15, -0.1) is 0 Å². The van der Waals surface area contributed by atoms with Crippen molar-refractivity contribution in [1.82, 2.24) is 10.1 Å². The number of amides is 2. The van der Waals surface area contributed by atoms with Crippen LogP contribution < -0.4 is 19.9 Å². The van der Waals surface area contributed by atoms with Gasteiger partial charge in [0, 0.05) is 57.1 Å². The molecule has 5 rings (SSSR count). The van der Waals surface area contributed by atoms with E-state index < -0.39 is 6.67 Å². The summed E-state index contributed by atoms with van der Waals surface area (Å²) in [5, 5.41) is 7.60. The van der Waals surface area contributed by atoms with Crippen molar-refractivity contribution in [2.24, 2.45) is 0 Å². The van der Waals surface area contributed by atoms with E-state index in [2.05, 4.69) is 10.5 Å². The number of alkyl halides is 1. The maximum atomic E-state index is 13.9. The molecule has 43 heavy (non-hydrogen) atoms. The number of para-hydroxylation sites is 1. The molecule has 0 unspecified atom stereocenters. The van der Waals surface area contributed by atoms with Crippen LogP contribution in [0.15, 0.2) is 65.2 Å². The van der Waals surface area contributed by atoms with Crippen LogP contribution in [0.3, 0.4) is 0 Å². The van der Waals surface area contributed by atoms with Gasteiger partial charge in [-0.1, -0.05) is 40.5 Å². The minimum Gasteiger partial charge on any atom is -0.496 e. The third-order valence-corrected chi connectivity index (χ3v) is 7.91. The predicted octanol–water partition coefficient (Wildman–Crippen LogP) is 6.41. The number of rotatable bonds is 8. The van der Waals surface area contributed by atoms with Gasteiger partial charge >= 0.3 is 0 Å². The number of nitrogens with zero attached hydrogens (tertiary/aromatic N) is 4. The molecule has 1 fully saturated rings. The molecular formula is C31H30Cl2FN5O4. The van der Waals surface area contributed by atoms with Gasteiger partial charge in [-0.3, -0.25) is 9.59 Å². The van der Waals surface area contributed by atoms with E-state index in [1.165, 1.54) is 7.11 Å². The zero-order valence-electron chi connectivity index (χ0n) is 23.9. The number of carbonyl (C=O) groups excluding carboxylic acids is 2. The van der Waals surface area contributed by atoms with Gasteiger partial charge in [0.2, 0.25) is 0 Å². The van der Waals surface area contributed by atoms with Crippen LogP contribution in [-0.4, -0.2) is 69.3 Å². The molecule has 1 aliphatic heterocycles. The van der Waals surface area contributed by atoms with Crippen LogP contribution in [0.25, 0.3) is 11.3 Å². The SMILES string of the molecule is COc1ccccc1-c1noc(CF)c1C(=O)N1CCN(c2cc(NC(=O)c3ccc(N(C)C)cc3)c(Cl)cc2Cl)CC1. The number of hydrogen-bond donors (Lipinski definition) is 1. The van der Waals surface area contributed by atoms with Gasteiger partial charge in [0.25, 0.3) is 11.8 Å². The first-order chi connectivity index (χ1) is 20.7. The largest absolute Gasteiger partial charge is 0.496 e. The molecule has 1 N–H and O–H groups in total.